The van der Waals surface area contributed by atoms with E-state index >= 15 is 0 Å². The Morgan fingerprint density at radius 1 is 1.33 bits per heavy atom. The van der Waals surface area contributed by atoms with Gasteiger partial charge in [0.1, 0.15) is 6.61 Å². The van der Waals surface area contributed by atoms with Crippen LogP contribution in [0.3, 0.4) is 0 Å². The molecule has 1 aliphatic carbocycles. The SMILES string of the molecule is O=C(COCc1ccccc1)NC1CC1. The van der Waals surface area contributed by atoms with Crippen LogP contribution in [0.4, 0.5) is 0 Å². The van der Waals surface area contributed by atoms with Gasteiger partial charge in [-0.3, -0.25) is 4.79 Å². The fourth-order valence-electron chi connectivity index (χ4n) is 1.33. The van der Waals surface area contributed by atoms with Crippen molar-refractivity contribution in [2.45, 2.75) is 25.5 Å². The third-order valence-corrected chi connectivity index (χ3v) is 2.29. The largest absolute Gasteiger partial charge is 0.367 e. The maximum absolute atomic E-state index is 11.2. The van der Waals surface area contributed by atoms with Gasteiger partial charge in [0.15, 0.2) is 0 Å². The molecular formula is C12H15NO2. The maximum Gasteiger partial charge on any atom is 0.246 e. The molecule has 0 heterocycles. The fraction of sp³-hybridized carbons (Fsp3) is 0.417. The lowest BCUT2D eigenvalue weighted by Gasteiger charge is -2.04. The molecule has 1 fully saturated rings. The smallest absolute Gasteiger partial charge is 0.246 e. The van der Waals surface area contributed by atoms with Crippen LogP contribution in [0, 0.1) is 0 Å². The quantitative estimate of drug-likeness (QED) is 0.790. The summed E-state index contributed by atoms with van der Waals surface area (Å²) in [5.74, 6) is -0.00608. The summed E-state index contributed by atoms with van der Waals surface area (Å²) in [6, 6.07) is 10.3. The summed E-state index contributed by atoms with van der Waals surface area (Å²) in [5.41, 5.74) is 1.09. The molecule has 0 radical (unpaired) electrons. The topological polar surface area (TPSA) is 38.3 Å². The molecule has 1 N–H and O–H groups in total. The summed E-state index contributed by atoms with van der Waals surface area (Å²) in [5, 5.41) is 2.88. The van der Waals surface area contributed by atoms with Gasteiger partial charge in [0.2, 0.25) is 5.91 Å². The summed E-state index contributed by atoms with van der Waals surface area (Å²) in [6.45, 7) is 0.657. The van der Waals surface area contributed by atoms with Crippen LogP contribution < -0.4 is 5.32 Å². The van der Waals surface area contributed by atoms with Crippen LogP contribution in [0.25, 0.3) is 0 Å². The van der Waals surface area contributed by atoms with E-state index in [1.165, 1.54) is 0 Å². The van der Waals surface area contributed by atoms with Gasteiger partial charge >= 0.3 is 0 Å². The van der Waals surface area contributed by atoms with Gasteiger partial charge in [-0.05, 0) is 18.4 Å². The predicted octanol–water partition coefficient (Wildman–Crippen LogP) is 1.48. The zero-order valence-corrected chi connectivity index (χ0v) is 8.61. The molecule has 0 atom stereocenters. The molecule has 0 aliphatic heterocycles. The number of amides is 1. The van der Waals surface area contributed by atoms with Crippen molar-refractivity contribution in [2.75, 3.05) is 6.61 Å². The Kier molecular flexibility index (Phi) is 3.35. The Bertz CT molecular complexity index is 320. The molecule has 80 valence electrons. The minimum absolute atomic E-state index is 0.00608. The lowest BCUT2D eigenvalue weighted by Crippen LogP contribution is -2.29. The van der Waals surface area contributed by atoms with Gasteiger partial charge < -0.3 is 10.1 Å². The normalized spacial score (nSPS) is 14.9. The van der Waals surface area contributed by atoms with Gasteiger partial charge in [-0.1, -0.05) is 30.3 Å². The van der Waals surface area contributed by atoms with Crippen molar-refractivity contribution >= 4 is 5.91 Å². The van der Waals surface area contributed by atoms with Gasteiger partial charge in [0, 0.05) is 6.04 Å². The molecule has 3 heteroatoms. The number of hydrogen-bond acceptors (Lipinski definition) is 2. The van der Waals surface area contributed by atoms with E-state index in [1.54, 1.807) is 0 Å². The lowest BCUT2D eigenvalue weighted by molar-refractivity contribution is -0.126. The second-order valence-corrected chi connectivity index (χ2v) is 3.82. The minimum atomic E-state index is -0.00608. The maximum atomic E-state index is 11.2. The zero-order valence-electron chi connectivity index (χ0n) is 8.61. The molecule has 0 bridgehead atoms. The van der Waals surface area contributed by atoms with Crippen molar-refractivity contribution in [3.63, 3.8) is 0 Å². The summed E-state index contributed by atoms with van der Waals surface area (Å²) < 4.78 is 5.30. The van der Waals surface area contributed by atoms with E-state index in [0.29, 0.717) is 12.6 Å². The second-order valence-electron chi connectivity index (χ2n) is 3.82. The van der Waals surface area contributed by atoms with Crippen molar-refractivity contribution in [3.05, 3.63) is 35.9 Å². The first-order valence-electron chi connectivity index (χ1n) is 5.25. The lowest BCUT2D eigenvalue weighted by atomic mass is 10.2. The van der Waals surface area contributed by atoms with Crippen LogP contribution in [0.1, 0.15) is 18.4 Å². The van der Waals surface area contributed by atoms with Crippen LogP contribution in [0.15, 0.2) is 30.3 Å². The molecule has 2 rings (SSSR count). The highest BCUT2D eigenvalue weighted by Gasteiger charge is 2.22. The Hall–Kier alpha value is -1.35. The standard InChI is InChI=1S/C12H15NO2/c14-12(13-11-6-7-11)9-15-8-10-4-2-1-3-5-10/h1-5,11H,6-9H2,(H,13,14). The number of carbonyl (C=O) groups is 1. The summed E-state index contributed by atoms with van der Waals surface area (Å²) in [4.78, 5) is 11.2. The highest BCUT2D eigenvalue weighted by atomic mass is 16.5. The third kappa shape index (κ3) is 3.72. The first-order chi connectivity index (χ1) is 7.34. The van der Waals surface area contributed by atoms with E-state index in [9.17, 15) is 4.79 Å². The molecule has 0 spiro atoms. The predicted molar refractivity (Wildman–Crippen MR) is 57.3 cm³/mol. The first-order valence-corrected chi connectivity index (χ1v) is 5.25. The fourth-order valence-corrected chi connectivity index (χ4v) is 1.33. The van der Waals surface area contributed by atoms with E-state index in [4.69, 9.17) is 4.74 Å². The van der Waals surface area contributed by atoms with Gasteiger partial charge in [0.25, 0.3) is 0 Å². The molecule has 1 aromatic carbocycles. The first kappa shape index (κ1) is 10.2. The molecular weight excluding hydrogens is 190 g/mol. The van der Waals surface area contributed by atoms with Crippen molar-refractivity contribution < 1.29 is 9.53 Å². The molecule has 1 aliphatic rings. The third-order valence-electron chi connectivity index (χ3n) is 2.29. The van der Waals surface area contributed by atoms with Gasteiger partial charge in [-0.15, -0.1) is 0 Å². The average molecular weight is 205 g/mol. The molecule has 0 saturated heterocycles. The Labute approximate surface area is 89.4 Å². The Morgan fingerprint density at radius 3 is 2.73 bits per heavy atom. The van der Waals surface area contributed by atoms with E-state index in [0.717, 1.165) is 18.4 Å². The van der Waals surface area contributed by atoms with E-state index in [1.807, 2.05) is 30.3 Å². The summed E-state index contributed by atoms with van der Waals surface area (Å²) in [7, 11) is 0. The highest BCUT2D eigenvalue weighted by molar-refractivity contribution is 5.77. The second kappa shape index (κ2) is 4.94. The zero-order chi connectivity index (χ0) is 10.5. The van der Waals surface area contributed by atoms with Crippen LogP contribution >= 0.6 is 0 Å². The molecule has 3 nitrogen and oxygen atoms in total. The van der Waals surface area contributed by atoms with E-state index < -0.39 is 0 Å². The van der Waals surface area contributed by atoms with Crippen molar-refractivity contribution in [3.8, 4) is 0 Å². The molecule has 1 aromatic rings. The van der Waals surface area contributed by atoms with Crippen LogP contribution in [0.5, 0.6) is 0 Å². The average Bonchev–Trinajstić information content (AvgIpc) is 3.03. The number of ether oxygens (including phenoxy) is 1. The number of hydrogen-bond donors (Lipinski definition) is 1. The molecule has 15 heavy (non-hydrogen) atoms. The van der Waals surface area contributed by atoms with Gasteiger partial charge in [-0.2, -0.15) is 0 Å². The van der Waals surface area contributed by atoms with Crippen LogP contribution in [0.2, 0.25) is 0 Å². The van der Waals surface area contributed by atoms with E-state index in [2.05, 4.69) is 5.32 Å². The highest BCUT2D eigenvalue weighted by Crippen LogP contribution is 2.18. The van der Waals surface area contributed by atoms with Crippen LogP contribution in [-0.4, -0.2) is 18.6 Å². The molecule has 0 aromatic heterocycles. The van der Waals surface area contributed by atoms with Crippen LogP contribution in [-0.2, 0) is 16.1 Å². The van der Waals surface area contributed by atoms with Crippen molar-refractivity contribution in [1.82, 2.24) is 5.32 Å². The van der Waals surface area contributed by atoms with Crippen molar-refractivity contribution in [1.29, 1.82) is 0 Å². The molecule has 1 saturated carbocycles. The van der Waals surface area contributed by atoms with Gasteiger partial charge in [0.05, 0.1) is 6.61 Å². The van der Waals surface area contributed by atoms with Gasteiger partial charge in [-0.25, -0.2) is 0 Å². The molecule has 1 amide bonds. The number of nitrogens with one attached hydrogen (secondary N) is 1. The monoisotopic (exact) mass is 205 g/mol. The summed E-state index contributed by atoms with van der Waals surface area (Å²) >= 11 is 0. The number of rotatable bonds is 5. The van der Waals surface area contributed by atoms with E-state index in [-0.39, 0.29) is 12.5 Å². The minimum Gasteiger partial charge on any atom is -0.367 e. The Balaban J connectivity index is 1.63. The molecule has 0 unspecified atom stereocenters. The number of benzene rings is 1. The summed E-state index contributed by atoms with van der Waals surface area (Å²) in [6.07, 6.45) is 2.23. The van der Waals surface area contributed by atoms with Crippen molar-refractivity contribution in [2.24, 2.45) is 0 Å². The number of carbonyl (C=O) groups excluding carboxylic acids is 1. The Morgan fingerprint density at radius 2 is 2.07 bits per heavy atom.